The zero-order valence-corrected chi connectivity index (χ0v) is 9.64. The first kappa shape index (κ1) is 10.8. The fourth-order valence-electron chi connectivity index (χ4n) is 1.70. The fraction of sp³-hybridized carbons (Fsp3) is 0.778. The van der Waals surface area contributed by atoms with E-state index in [1.807, 2.05) is 0 Å². The lowest BCUT2D eigenvalue weighted by molar-refractivity contribution is 0.407. The van der Waals surface area contributed by atoms with Crippen molar-refractivity contribution in [2.24, 2.45) is 13.0 Å². The number of hydrogen-bond donors (Lipinski definition) is 2. The highest BCUT2D eigenvalue weighted by Gasteiger charge is 2.14. The number of rotatable bonds is 3. The van der Waals surface area contributed by atoms with Crippen molar-refractivity contribution in [1.82, 2.24) is 20.1 Å². The van der Waals surface area contributed by atoms with Gasteiger partial charge in [0.1, 0.15) is 0 Å². The summed E-state index contributed by atoms with van der Waals surface area (Å²) in [5.74, 6) is 1.81. The molecule has 0 radical (unpaired) electrons. The van der Waals surface area contributed by atoms with Crippen LogP contribution in [0.25, 0.3) is 0 Å². The van der Waals surface area contributed by atoms with Crippen LogP contribution in [0.3, 0.4) is 0 Å². The summed E-state index contributed by atoms with van der Waals surface area (Å²) in [5, 5.41) is 10.6. The summed E-state index contributed by atoms with van der Waals surface area (Å²) in [6.07, 6.45) is 2.46. The van der Waals surface area contributed by atoms with Gasteiger partial charge in [0.2, 0.25) is 0 Å². The zero-order chi connectivity index (χ0) is 10.7. The van der Waals surface area contributed by atoms with E-state index in [-0.39, 0.29) is 5.69 Å². The van der Waals surface area contributed by atoms with Crippen LogP contribution in [0.1, 0.15) is 12.8 Å². The van der Waals surface area contributed by atoms with Crippen molar-refractivity contribution in [3.05, 3.63) is 10.5 Å². The summed E-state index contributed by atoms with van der Waals surface area (Å²) in [7, 11) is 1.75. The molecule has 0 aromatic carbocycles. The Morgan fingerprint density at radius 3 is 2.87 bits per heavy atom. The van der Waals surface area contributed by atoms with Gasteiger partial charge in [-0.2, -0.15) is 0 Å². The Kier molecular flexibility index (Phi) is 3.48. The van der Waals surface area contributed by atoms with Gasteiger partial charge in [0.25, 0.3) is 0 Å². The Labute approximate surface area is 92.6 Å². The molecule has 1 aromatic heterocycles. The molecule has 1 aliphatic heterocycles. The Bertz CT molecular complexity index is 366. The summed E-state index contributed by atoms with van der Waals surface area (Å²) >= 11 is 1.67. The number of piperidine rings is 1. The van der Waals surface area contributed by atoms with Gasteiger partial charge < -0.3 is 5.32 Å². The van der Waals surface area contributed by atoms with Crippen molar-refractivity contribution < 1.29 is 0 Å². The molecule has 0 amide bonds. The Hall–Kier alpha value is -0.750. The second-order valence-electron chi connectivity index (χ2n) is 3.87. The van der Waals surface area contributed by atoms with Crippen molar-refractivity contribution in [1.29, 1.82) is 0 Å². The monoisotopic (exact) mass is 228 g/mol. The first-order valence-corrected chi connectivity index (χ1v) is 6.21. The Morgan fingerprint density at radius 1 is 1.53 bits per heavy atom. The van der Waals surface area contributed by atoms with Crippen LogP contribution in [0.2, 0.25) is 0 Å². The molecular weight excluding hydrogens is 212 g/mol. The van der Waals surface area contributed by atoms with Crippen LogP contribution in [0.5, 0.6) is 0 Å². The van der Waals surface area contributed by atoms with Gasteiger partial charge in [0, 0.05) is 12.8 Å². The molecule has 0 unspecified atom stereocenters. The van der Waals surface area contributed by atoms with Crippen LogP contribution in [-0.4, -0.2) is 33.6 Å². The predicted octanol–water partition coefficient (Wildman–Crippen LogP) is 0.200. The summed E-state index contributed by atoms with van der Waals surface area (Å²) < 4.78 is 1.56. The maximum atomic E-state index is 11.1. The standard InChI is InChI=1S/C9H16N4OS/c1-13-8(14)11-12-9(13)15-6-7-2-4-10-5-3-7/h7,10H,2-6H2,1H3,(H,11,14). The number of nitrogens with zero attached hydrogens (tertiary/aromatic N) is 2. The van der Waals surface area contributed by atoms with E-state index in [0.29, 0.717) is 0 Å². The van der Waals surface area contributed by atoms with Crippen LogP contribution in [0, 0.1) is 5.92 Å². The van der Waals surface area contributed by atoms with E-state index in [1.54, 1.807) is 23.4 Å². The molecule has 2 N–H and O–H groups in total. The molecule has 1 fully saturated rings. The number of H-pyrrole nitrogens is 1. The summed E-state index contributed by atoms with van der Waals surface area (Å²) in [5.41, 5.74) is -0.136. The molecule has 0 atom stereocenters. The minimum Gasteiger partial charge on any atom is -0.317 e. The molecule has 0 saturated carbocycles. The minimum atomic E-state index is -0.136. The molecule has 84 valence electrons. The van der Waals surface area contributed by atoms with E-state index in [0.717, 1.165) is 29.9 Å². The summed E-state index contributed by atoms with van der Waals surface area (Å²) in [6.45, 7) is 2.23. The quantitative estimate of drug-likeness (QED) is 0.726. The molecule has 6 heteroatoms. The van der Waals surface area contributed by atoms with Crippen molar-refractivity contribution in [3.63, 3.8) is 0 Å². The summed E-state index contributed by atoms with van der Waals surface area (Å²) in [6, 6.07) is 0. The van der Waals surface area contributed by atoms with E-state index in [9.17, 15) is 4.79 Å². The van der Waals surface area contributed by atoms with E-state index in [4.69, 9.17) is 0 Å². The normalized spacial score (nSPS) is 18.2. The van der Waals surface area contributed by atoms with Crippen LogP contribution < -0.4 is 11.0 Å². The van der Waals surface area contributed by atoms with Crippen LogP contribution in [0.15, 0.2) is 9.95 Å². The average molecular weight is 228 g/mol. The third kappa shape index (κ3) is 2.63. The maximum Gasteiger partial charge on any atom is 0.343 e. The first-order chi connectivity index (χ1) is 7.27. The molecule has 0 spiro atoms. The second kappa shape index (κ2) is 4.85. The highest BCUT2D eigenvalue weighted by atomic mass is 32.2. The zero-order valence-electron chi connectivity index (χ0n) is 8.82. The van der Waals surface area contributed by atoms with E-state index in [2.05, 4.69) is 15.5 Å². The minimum absolute atomic E-state index is 0.136. The molecule has 2 rings (SSSR count). The van der Waals surface area contributed by atoms with Crippen LogP contribution in [-0.2, 0) is 7.05 Å². The van der Waals surface area contributed by atoms with E-state index >= 15 is 0 Å². The molecule has 1 saturated heterocycles. The SMILES string of the molecule is Cn1c(SCC2CCNCC2)n[nH]c1=O. The van der Waals surface area contributed by atoms with E-state index < -0.39 is 0 Å². The third-order valence-corrected chi connectivity index (χ3v) is 4.01. The molecule has 5 nitrogen and oxygen atoms in total. The number of hydrogen-bond acceptors (Lipinski definition) is 4. The van der Waals surface area contributed by atoms with Crippen molar-refractivity contribution >= 4 is 11.8 Å². The number of aromatic amines is 1. The molecular formula is C9H16N4OS. The molecule has 1 aliphatic rings. The van der Waals surface area contributed by atoms with Gasteiger partial charge in [-0.25, -0.2) is 9.89 Å². The molecule has 1 aromatic rings. The maximum absolute atomic E-state index is 11.1. The Balaban J connectivity index is 1.87. The third-order valence-electron chi connectivity index (χ3n) is 2.75. The van der Waals surface area contributed by atoms with Crippen LogP contribution >= 0.6 is 11.8 Å². The fourth-order valence-corrected chi connectivity index (χ4v) is 2.81. The molecule has 2 heterocycles. The smallest absolute Gasteiger partial charge is 0.317 e. The van der Waals surface area contributed by atoms with E-state index in [1.165, 1.54) is 12.8 Å². The molecule has 15 heavy (non-hydrogen) atoms. The van der Waals surface area contributed by atoms with Crippen molar-refractivity contribution in [3.8, 4) is 0 Å². The number of nitrogens with one attached hydrogen (secondary N) is 2. The van der Waals surface area contributed by atoms with Gasteiger partial charge in [0.05, 0.1) is 0 Å². The lowest BCUT2D eigenvalue weighted by Gasteiger charge is -2.21. The lowest BCUT2D eigenvalue weighted by atomic mass is 10.0. The lowest BCUT2D eigenvalue weighted by Crippen LogP contribution is -2.28. The van der Waals surface area contributed by atoms with Gasteiger partial charge in [-0.05, 0) is 31.8 Å². The van der Waals surface area contributed by atoms with Gasteiger partial charge >= 0.3 is 5.69 Å². The van der Waals surface area contributed by atoms with Gasteiger partial charge in [-0.15, -0.1) is 5.10 Å². The van der Waals surface area contributed by atoms with Crippen LogP contribution in [0.4, 0.5) is 0 Å². The average Bonchev–Trinajstić information content (AvgIpc) is 2.59. The largest absolute Gasteiger partial charge is 0.343 e. The van der Waals surface area contributed by atoms with Crippen molar-refractivity contribution in [2.45, 2.75) is 18.0 Å². The highest BCUT2D eigenvalue weighted by molar-refractivity contribution is 7.99. The van der Waals surface area contributed by atoms with Gasteiger partial charge in [-0.1, -0.05) is 11.8 Å². The van der Waals surface area contributed by atoms with Gasteiger partial charge in [-0.3, -0.25) is 4.57 Å². The Morgan fingerprint density at radius 2 is 2.27 bits per heavy atom. The second-order valence-corrected chi connectivity index (χ2v) is 4.86. The molecule has 0 aliphatic carbocycles. The molecule has 0 bridgehead atoms. The first-order valence-electron chi connectivity index (χ1n) is 5.22. The van der Waals surface area contributed by atoms with Gasteiger partial charge in [0.15, 0.2) is 5.16 Å². The number of aromatic nitrogens is 3. The van der Waals surface area contributed by atoms with Crippen molar-refractivity contribution in [2.75, 3.05) is 18.8 Å². The number of thioether (sulfide) groups is 1. The predicted molar refractivity (Wildman–Crippen MR) is 60.1 cm³/mol. The topological polar surface area (TPSA) is 62.7 Å². The summed E-state index contributed by atoms with van der Waals surface area (Å²) in [4.78, 5) is 11.1. The highest BCUT2D eigenvalue weighted by Crippen LogP contribution is 2.21.